The predicted octanol–water partition coefficient (Wildman–Crippen LogP) is 1.30. The number of hydrogen-bond donors (Lipinski definition) is 1. The molecular formula is C14H18N2O4. The lowest BCUT2D eigenvalue weighted by molar-refractivity contribution is -0.159. The van der Waals surface area contributed by atoms with Crippen LogP contribution in [-0.2, 0) is 14.3 Å². The highest BCUT2D eigenvalue weighted by atomic mass is 16.7. The summed E-state index contributed by atoms with van der Waals surface area (Å²) in [5.41, 5.74) is 3.24. The van der Waals surface area contributed by atoms with Gasteiger partial charge in [-0.15, -0.1) is 0 Å². The Labute approximate surface area is 117 Å². The summed E-state index contributed by atoms with van der Waals surface area (Å²) in [6.45, 7) is 2.76. The van der Waals surface area contributed by atoms with Crippen molar-refractivity contribution in [3.8, 4) is 5.75 Å². The molecule has 2 rings (SSSR count). The Balaban J connectivity index is 1.88. The molecule has 0 radical (unpaired) electrons. The summed E-state index contributed by atoms with van der Waals surface area (Å²) in [4.78, 5) is 11.7. The number of carbonyl (C=O) groups excluding carboxylic acids is 1. The minimum atomic E-state index is -0.843. The van der Waals surface area contributed by atoms with Crippen LogP contribution in [0.15, 0.2) is 29.4 Å². The van der Waals surface area contributed by atoms with E-state index in [0.717, 1.165) is 5.56 Å². The fourth-order valence-electron chi connectivity index (χ4n) is 1.94. The van der Waals surface area contributed by atoms with E-state index in [9.17, 15) is 4.79 Å². The van der Waals surface area contributed by atoms with Crippen molar-refractivity contribution in [2.45, 2.75) is 19.1 Å². The van der Waals surface area contributed by atoms with Crippen molar-refractivity contribution in [2.24, 2.45) is 5.10 Å². The maximum absolute atomic E-state index is 11.7. The van der Waals surface area contributed by atoms with Crippen molar-refractivity contribution >= 4 is 12.1 Å². The van der Waals surface area contributed by atoms with Crippen LogP contribution in [0.4, 0.5) is 0 Å². The Bertz CT molecular complexity index is 496. The molecule has 1 aliphatic rings. The normalized spacial score (nSPS) is 17.3. The second-order valence-electron chi connectivity index (χ2n) is 4.54. The van der Waals surface area contributed by atoms with Gasteiger partial charge in [0, 0.05) is 5.56 Å². The average molecular weight is 278 g/mol. The summed E-state index contributed by atoms with van der Waals surface area (Å²) in [7, 11) is 1.58. The number of ether oxygens (including phenoxy) is 3. The van der Waals surface area contributed by atoms with Crippen LogP contribution in [0.5, 0.6) is 5.75 Å². The maximum Gasteiger partial charge on any atom is 0.245 e. The largest absolute Gasteiger partial charge is 0.496 e. The van der Waals surface area contributed by atoms with E-state index in [4.69, 9.17) is 14.2 Å². The lowest BCUT2D eigenvalue weighted by Crippen LogP contribution is -2.33. The predicted molar refractivity (Wildman–Crippen MR) is 73.7 cm³/mol. The minimum Gasteiger partial charge on any atom is -0.496 e. The van der Waals surface area contributed by atoms with E-state index in [1.165, 1.54) is 6.21 Å². The molecule has 0 unspecified atom stereocenters. The van der Waals surface area contributed by atoms with Crippen molar-refractivity contribution in [1.29, 1.82) is 0 Å². The Morgan fingerprint density at radius 1 is 1.45 bits per heavy atom. The van der Waals surface area contributed by atoms with E-state index in [0.29, 0.717) is 19.0 Å². The van der Waals surface area contributed by atoms with Crippen LogP contribution < -0.4 is 10.2 Å². The van der Waals surface area contributed by atoms with Gasteiger partial charge in [-0.3, -0.25) is 4.79 Å². The zero-order chi connectivity index (χ0) is 14.4. The fraction of sp³-hybridized carbons (Fsp3) is 0.429. The van der Waals surface area contributed by atoms with Crippen molar-refractivity contribution in [3.63, 3.8) is 0 Å². The first-order chi connectivity index (χ1) is 9.63. The molecule has 1 N–H and O–H groups in total. The van der Waals surface area contributed by atoms with Gasteiger partial charge in [0.05, 0.1) is 33.0 Å². The topological polar surface area (TPSA) is 69.2 Å². The third kappa shape index (κ3) is 3.79. The summed E-state index contributed by atoms with van der Waals surface area (Å²) in [6.07, 6.45) is 1.64. The number of nitrogens with one attached hydrogen (secondary N) is 1. The molecule has 108 valence electrons. The molecule has 0 atom stereocenters. The molecule has 0 spiro atoms. The summed E-state index contributed by atoms with van der Waals surface area (Å²) in [6, 6.07) is 7.40. The Morgan fingerprint density at radius 3 is 2.85 bits per heavy atom. The molecular weight excluding hydrogens is 260 g/mol. The average Bonchev–Trinajstić information content (AvgIpc) is 2.85. The van der Waals surface area contributed by atoms with E-state index >= 15 is 0 Å². The van der Waals surface area contributed by atoms with Gasteiger partial charge in [0.25, 0.3) is 0 Å². The number of carbonyl (C=O) groups is 1. The van der Waals surface area contributed by atoms with Crippen LogP contribution in [0.25, 0.3) is 0 Å². The van der Waals surface area contributed by atoms with Gasteiger partial charge in [-0.2, -0.15) is 5.10 Å². The summed E-state index contributed by atoms with van der Waals surface area (Å²) in [5.74, 6) is -0.412. The monoisotopic (exact) mass is 278 g/mol. The zero-order valence-corrected chi connectivity index (χ0v) is 11.6. The zero-order valence-electron chi connectivity index (χ0n) is 11.6. The van der Waals surface area contributed by atoms with Gasteiger partial charge in [0.15, 0.2) is 5.79 Å². The number of para-hydroxylation sites is 1. The van der Waals surface area contributed by atoms with E-state index in [1.54, 1.807) is 14.0 Å². The molecule has 1 aliphatic heterocycles. The first kappa shape index (κ1) is 14.5. The van der Waals surface area contributed by atoms with E-state index in [-0.39, 0.29) is 12.3 Å². The highest BCUT2D eigenvalue weighted by molar-refractivity contribution is 5.85. The minimum absolute atomic E-state index is 0.107. The van der Waals surface area contributed by atoms with Gasteiger partial charge in [0.2, 0.25) is 5.91 Å². The van der Waals surface area contributed by atoms with E-state index in [1.807, 2.05) is 24.3 Å². The number of amides is 1. The number of methoxy groups -OCH3 is 1. The van der Waals surface area contributed by atoms with Crippen LogP contribution >= 0.6 is 0 Å². The standard InChI is InChI=1S/C14H18N2O4/c1-14(19-7-8-20-14)9-13(17)16-15-10-11-5-3-4-6-12(11)18-2/h3-6,10H,7-9H2,1-2H3,(H,16,17)/b15-10-. The van der Waals surface area contributed by atoms with E-state index in [2.05, 4.69) is 10.5 Å². The molecule has 0 aromatic heterocycles. The number of hydrazone groups is 1. The van der Waals surface area contributed by atoms with Crippen LogP contribution in [0, 0.1) is 0 Å². The molecule has 6 nitrogen and oxygen atoms in total. The van der Waals surface area contributed by atoms with Gasteiger partial charge in [0.1, 0.15) is 5.75 Å². The lowest BCUT2D eigenvalue weighted by Gasteiger charge is -2.20. The summed E-state index contributed by atoms with van der Waals surface area (Å²) < 4.78 is 15.9. The Kier molecular flexibility index (Phi) is 4.70. The van der Waals surface area contributed by atoms with Crippen molar-refractivity contribution < 1.29 is 19.0 Å². The second-order valence-corrected chi connectivity index (χ2v) is 4.54. The highest BCUT2D eigenvalue weighted by Gasteiger charge is 2.33. The molecule has 1 aromatic rings. The van der Waals surface area contributed by atoms with Crippen molar-refractivity contribution in [2.75, 3.05) is 20.3 Å². The number of nitrogens with zero attached hydrogens (tertiary/aromatic N) is 1. The maximum atomic E-state index is 11.7. The Hall–Kier alpha value is -1.92. The number of rotatable bonds is 5. The van der Waals surface area contributed by atoms with Crippen LogP contribution in [-0.4, -0.2) is 38.2 Å². The number of hydrogen-bond acceptors (Lipinski definition) is 5. The van der Waals surface area contributed by atoms with Gasteiger partial charge in [-0.05, 0) is 19.1 Å². The van der Waals surface area contributed by atoms with Crippen molar-refractivity contribution in [1.82, 2.24) is 5.43 Å². The first-order valence-electron chi connectivity index (χ1n) is 6.36. The van der Waals surface area contributed by atoms with Crippen LogP contribution in [0.1, 0.15) is 18.9 Å². The molecule has 6 heteroatoms. The molecule has 1 fully saturated rings. The molecule has 0 aliphatic carbocycles. The number of benzene rings is 1. The van der Waals surface area contributed by atoms with E-state index < -0.39 is 5.79 Å². The third-order valence-corrected chi connectivity index (χ3v) is 2.91. The first-order valence-corrected chi connectivity index (χ1v) is 6.36. The van der Waals surface area contributed by atoms with Crippen LogP contribution in [0.3, 0.4) is 0 Å². The Morgan fingerprint density at radius 2 is 2.15 bits per heavy atom. The molecule has 1 aromatic carbocycles. The molecule has 1 amide bonds. The smallest absolute Gasteiger partial charge is 0.245 e. The lowest BCUT2D eigenvalue weighted by atomic mass is 10.2. The second kappa shape index (κ2) is 6.49. The third-order valence-electron chi connectivity index (χ3n) is 2.91. The SMILES string of the molecule is COc1ccccc1/C=N\NC(=O)CC1(C)OCCO1. The quantitative estimate of drug-likeness (QED) is 0.651. The van der Waals surface area contributed by atoms with Gasteiger partial charge < -0.3 is 14.2 Å². The van der Waals surface area contributed by atoms with Gasteiger partial charge >= 0.3 is 0 Å². The van der Waals surface area contributed by atoms with Crippen LogP contribution in [0.2, 0.25) is 0 Å². The van der Waals surface area contributed by atoms with Gasteiger partial charge in [-0.25, -0.2) is 5.43 Å². The highest BCUT2D eigenvalue weighted by Crippen LogP contribution is 2.22. The van der Waals surface area contributed by atoms with Gasteiger partial charge in [-0.1, -0.05) is 12.1 Å². The molecule has 0 saturated carbocycles. The molecule has 0 bridgehead atoms. The summed E-state index contributed by atoms with van der Waals surface area (Å²) in [5, 5.41) is 3.91. The van der Waals surface area contributed by atoms with Crippen molar-refractivity contribution in [3.05, 3.63) is 29.8 Å². The molecule has 1 saturated heterocycles. The molecule has 1 heterocycles. The fourth-order valence-corrected chi connectivity index (χ4v) is 1.94. The summed E-state index contributed by atoms with van der Waals surface area (Å²) >= 11 is 0. The molecule has 20 heavy (non-hydrogen) atoms.